The number of rotatable bonds is 4. The molecule has 2 aromatic heterocycles. The van der Waals surface area contributed by atoms with Crippen molar-refractivity contribution < 1.29 is 41.9 Å². The van der Waals surface area contributed by atoms with Crippen LogP contribution in [0.4, 0.5) is 19.0 Å². The van der Waals surface area contributed by atoms with Crippen LogP contribution in [0, 0.1) is 17.8 Å². The third-order valence-corrected chi connectivity index (χ3v) is 8.68. The Hall–Kier alpha value is -4.03. The van der Waals surface area contributed by atoms with E-state index in [1.54, 1.807) is 18.2 Å². The van der Waals surface area contributed by atoms with Gasteiger partial charge >= 0.3 is 6.18 Å². The minimum absolute atomic E-state index is 0.0152. The van der Waals surface area contributed by atoms with Gasteiger partial charge in [0.05, 0.1) is 22.8 Å². The van der Waals surface area contributed by atoms with Crippen molar-refractivity contribution in [3.05, 3.63) is 80.9 Å². The largest absolute Gasteiger partial charge is 0.463 e. The molecule has 0 radical (unpaired) electrons. The summed E-state index contributed by atoms with van der Waals surface area (Å²) in [5.41, 5.74) is 0.0888. The lowest BCUT2D eigenvalue weighted by Gasteiger charge is -2.41. The van der Waals surface area contributed by atoms with Gasteiger partial charge in [-0.25, -0.2) is 4.98 Å². The summed E-state index contributed by atoms with van der Waals surface area (Å²) >= 11 is 6.16. The summed E-state index contributed by atoms with van der Waals surface area (Å²) in [6.45, 7) is 1.13. The molecule has 0 spiro atoms. The van der Waals surface area contributed by atoms with Gasteiger partial charge in [0.2, 0.25) is 0 Å². The first kappa shape index (κ1) is 28.1. The highest BCUT2D eigenvalue weighted by Crippen LogP contribution is 2.55. The standard InChI is InChI=1S/C29H23ClF3N3O6/c1-12-9-19(38)23-17(25(12)39)10-16-14(24(23)20-7-3-13(11-37)42-20)4-5-15-22(16)28(41)36(27(15)40)35(2)26-18(30)6-8-21(34-26)29(31,32)33/h3-4,6-9,15-16,22,24,37H,5,10-11H2,1-2H3/t15-,16+,22-,24+/m0/s1. The van der Waals surface area contributed by atoms with Gasteiger partial charge in [0.25, 0.3) is 11.8 Å². The van der Waals surface area contributed by atoms with E-state index in [4.69, 9.17) is 16.0 Å². The number of imide groups is 1. The van der Waals surface area contributed by atoms with Crippen molar-refractivity contribution in [3.8, 4) is 0 Å². The molecule has 4 atom stereocenters. The van der Waals surface area contributed by atoms with Crippen molar-refractivity contribution in [1.82, 2.24) is 9.99 Å². The summed E-state index contributed by atoms with van der Waals surface area (Å²) in [6.07, 6.45) is -1.62. The highest BCUT2D eigenvalue weighted by molar-refractivity contribution is 6.33. The van der Waals surface area contributed by atoms with Gasteiger partial charge in [-0.15, -0.1) is 0 Å². The third-order valence-electron chi connectivity index (χ3n) is 8.39. The second kappa shape index (κ2) is 9.77. The van der Waals surface area contributed by atoms with Crippen LogP contribution in [0.5, 0.6) is 0 Å². The number of Topliss-reactive ketones (excluding diaryl/α,β-unsaturated/α-hetero) is 1. The van der Waals surface area contributed by atoms with Crippen molar-refractivity contribution in [2.45, 2.75) is 38.5 Å². The van der Waals surface area contributed by atoms with Crippen LogP contribution in [-0.4, -0.2) is 45.5 Å². The van der Waals surface area contributed by atoms with Crippen molar-refractivity contribution in [1.29, 1.82) is 0 Å². The van der Waals surface area contributed by atoms with Crippen LogP contribution in [0.15, 0.2) is 63.1 Å². The maximum atomic E-state index is 14.0. The molecular formula is C29H23ClF3N3O6. The van der Waals surface area contributed by atoms with Crippen molar-refractivity contribution in [2.75, 3.05) is 12.1 Å². The number of pyridine rings is 1. The number of nitrogens with zero attached hydrogens (tertiary/aromatic N) is 3. The lowest BCUT2D eigenvalue weighted by molar-refractivity contribution is -0.141. The smallest absolute Gasteiger partial charge is 0.433 e. The maximum absolute atomic E-state index is 14.0. The second-order valence-electron chi connectivity index (χ2n) is 10.7. The average Bonchev–Trinajstić information content (AvgIpc) is 3.52. The predicted octanol–water partition coefficient (Wildman–Crippen LogP) is 4.32. The normalized spacial score (nSPS) is 25.7. The quantitative estimate of drug-likeness (QED) is 0.313. The van der Waals surface area contributed by atoms with Crippen molar-refractivity contribution >= 4 is 40.8 Å². The van der Waals surface area contributed by atoms with Gasteiger partial charge in [0, 0.05) is 23.8 Å². The van der Waals surface area contributed by atoms with E-state index < -0.39 is 59.8 Å². The van der Waals surface area contributed by atoms with Crippen LogP contribution >= 0.6 is 11.6 Å². The fraction of sp³-hybridized carbons (Fsp3) is 0.345. The van der Waals surface area contributed by atoms with E-state index in [2.05, 4.69) is 4.98 Å². The number of hydrogen-bond donors (Lipinski definition) is 1. The summed E-state index contributed by atoms with van der Waals surface area (Å²) in [4.78, 5) is 57.8. The number of carbonyl (C=O) groups is 4. The number of aliphatic hydroxyl groups excluding tert-OH is 1. The summed E-state index contributed by atoms with van der Waals surface area (Å²) in [5.74, 6) is -5.25. The molecule has 218 valence electrons. The number of ketones is 2. The highest BCUT2D eigenvalue weighted by atomic mass is 35.5. The number of halogens is 4. The van der Waals surface area contributed by atoms with Gasteiger partial charge in [-0.1, -0.05) is 23.3 Å². The predicted molar refractivity (Wildman–Crippen MR) is 140 cm³/mol. The van der Waals surface area contributed by atoms with E-state index in [1.807, 2.05) is 0 Å². The summed E-state index contributed by atoms with van der Waals surface area (Å²) in [5, 5.41) is 11.1. The number of allylic oxidation sites excluding steroid dienone is 6. The molecule has 6 rings (SSSR count). The van der Waals surface area contributed by atoms with Gasteiger partial charge < -0.3 is 9.52 Å². The molecule has 3 aliphatic carbocycles. The Morgan fingerprint density at radius 2 is 1.86 bits per heavy atom. The Balaban J connectivity index is 1.42. The number of alkyl halides is 3. The van der Waals surface area contributed by atoms with Gasteiger partial charge in [-0.3, -0.25) is 24.2 Å². The topological polar surface area (TPSA) is 121 Å². The Morgan fingerprint density at radius 1 is 1.12 bits per heavy atom. The Morgan fingerprint density at radius 3 is 2.52 bits per heavy atom. The number of hydrogen-bond acceptors (Lipinski definition) is 8. The van der Waals surface area contributed by atoms with Crippen LogP contribution in [0.2, 0.25) is 5.02 Å². The molecule has 9 nitrogen and oxygen atoms in total. The zero-order chi connectivity index (χ0) is 30.2. The zero-order valence-electron chi connectivity index (χ0n) is 22.2. The number of aromatic nitrogens is 1. The van der Waals surface area contributed by atoms with Crippen molar-refractivity contribution in [2.24, 2.45) is 17.8 Å². The molecular weight excluding hydrogens is 579 g/mol. The van der Waals surface area contributed by atoms with Gasteiger partial charge in [-0.05, 0) is 56.0 Å². The van der Waals surface area contributed by atoms with E-state index in [9.17, 15) is 37.5 Å². The number of hydrazine groups is 1. The fourth-order valence-corrected chi connectivity index (χ4v) is 6.76. The van der Waals surface area contributed by atoms with E-state index in [0.29, 0.717) is 17.4 Å². The van der Waals surface area contributed by atoms with Crippen LogP contribution in [0.25, 0.3) is 0 Å². The number of amides is 2. The molecule has 4 aliphatic rings. The molecule has 42 heavy (non-hydrogen) atoms. The molecule has 0 bridgehead atoms. The van der Waals surface area contributed by atoms with Gasteiger partial charge in [0.15, 0.2) is 17.4 Å². The molecule has 0 saturated carbocycles. The Labute approximate surface area is 241 Å². The third kappa shape index (κ3) is 4.15. The molecule has 0 aromatic carbocycles. The summed E-state index contributed by atoms with van der Waals surface area (Å²) in [7, 11) is 1.23. The first-order valence-electron chi connectivity index (χ1n) is 13.1. The molecule has 2 aromatic rings. The first-order valence-corrected chi connectivity index (χ1v) is 13.5. The Bertz CT molecular complexity index is 1670. The molecule has 1 aliphatic heterocycles. The lowest BCUT2D eigenvalue weighted by Crippen LogP contribution is -2.46. The highest BCUT2D eigenvalue weighted by Gasteiger charge is 2.58. The van der Waals surface area contributed by atoms with Crippen LogP contribution in [0.3, 0.4) is 0 Å². The first-order chi connectivity index (χ1) is 19.8. The average molecular weight is 602 g/mol. The minimum Gasteiger partial charge on any atom is -0.463 e. The SMILES string of the molecule is CC1=CC(=O)C2=C(C[C@@H]3C(=CC[C@@H]4C(=O)N(N(C)c5nc(C(F)(F)F)ccc5Cl)C(=O)[C@@H]43)[C@@H]2c2ccc(CO)o2)C1=O. The van der Waals surface area contributed by atoms with Crippen LogP contribution in [-0.2, 0) is 32.0 Å². The van der Waals surface area contributed by atoms with Gasteiger partial charge in [-0.2, -0.15) is 18.2 Å². The van der Waals surface area contributed by atoms with E-state index in [-0.39, 0.29) is 51.9 Å². The van der Waals surface area contributed by atoms with E-state index >= 15 is 0 Å². The number of anilines is 1. The molecule has 13 heteroatoms. The molecule has 1 fully saturated rings. The van der Waals surface area contributed by atoms with E-state index in [1.165, 1.54) is 20.0 Å². The zero-order valence-corrected chi connectivity index (χ0v) is 23.0. The Kier molecular flexibility index (Phi) is 6.54. The lowest BCUT2D eigenvalue weighted by atomic mass is 9.60. The molecule has 2 amide bonds. The second-order valence-corrected chi connectivity index (χ2v) is 11.1. The summed E-state index contributed by atoms with van der Waals surface area (Å²) < 4.78 is 46.0. The maximum Gasteiger partial charge on any atom is 0.433 e. The fourth-order valence-electron chi connectivity index (χ4n) is 6.53. The molecule has 1 N–H and O–H groups in total. The minimum atomic E-state index is -4.78. The van der Waals surface area contributed by atoms with Crippen molar-refractivity contribution in [3.63, 3.8) is 0 Å². The number of furan rings is 1. The monoisotopic (exact) mass is 601 g/mol. The molecule has 1 saturated heterocycles. The number of aliphatic hydroxyl groups is 1. The van der Waals surface area contributed by atoms with Crippen LogP contribution in [0.1, 0.15) is 42.9 Å². The number of fused-ring (bicyclic) bond motifs is 3. The van der Waals surface area contributed by atoms with E-state index in [0.717, 1.165) is 16.1 Å². The summed E-state index contributed by atoms with van der Waals surface area (Å²) in [6, 6.07) is 4.84. The molecule has 0 unspecified atom stereocenters. The number of carbonyl (C=O) groups excluding carboxylic acids is 4. The van der Waals surface area contributed by atoms with Gasteiger partial charge in [0.1, 0.15) is 23.8 Å². The van der Waals surface area contributed by atoms with Crippen LogP contribution < -0.4 is 5.01 Å². The molecule has 3 heterocycles.